The summed E-state index contributed by atoms with van der Waals surface area (Å²) in [5.41, 5.74) is 9.27. The minimum atomic E-state index is 0.884. The second-order valence-corrected chi connectivity index (χ2v) is 13.3. The lowest BCUT2D eigenvalue weighted by Crippen LogP contribution is -2.09. The molecule has 0 saturated heterocycles. The highest BCUT2D eigenvalue weighted by atomic mass is 16.3. The van der Waals surface area contributed by atoms with Gasteiger partial charge in [-0.2, -0.15) is 0 Å². The molecule has 0 aliphatic heterocycles. The van der Waals surface area contributed by atoms with Gasteiger partial charge in [-0.3, -0.25) is 0 Å². The van der Waals surface area contributed by atoms with E-state index in [-0.39, 0.29) is 0 Å². The van der Waals surface area contributed by atoms with E-state index in [1.165, 1.54) is 43.4 Å². The molecule has 11 rings (SSSR count). The first-order valence-electron chi connectivity index (χ1n) is 17.3. The van der Waals surface area contributed by atoms with E-state index >= 15 is 0 Å². The third-order valence-corrected chi connectivity index (χ3v) is 10.4. The van der Waals surface area contributed by atoms with Crippen LogP contribution in [0.25, 0.3) is 87.3 Å². The van der Waals surface area contributed by atoms with E-state index in [9.17, 15) is 0 Å². The Morgan fingerprint density at radius 1 is 0.294 bits per heavy atom. The van der Waals surface area contributed by atoms with Gasteiger partial charge in [0.25, 0.3) is 0 Å². The summed E-state index contributed by atoms with van der Waals surface area (Å²) in [4.78, 5) is 2.35. The van der Waals surface area contributed by atoms with Crippen LogP contribution in [0, 0.1) is 0 Å². The lowest BCUT2D eigenvalue weighted by atomic mass is 9.97. The molecule has 0 spiro atoms. The molecule has 2 heterocycles. The molecule has 0 radical (unpaired) electrons. The van der Waals surface area contributed by atoms with Gasteiger partial charge in [0.15, 0.2) is 0 Å². The molecule has 3 heteroatoms. The van der Waals surface area contributed by atoms with Crippen LogP contribution in [0.1, 0.15) is 0 Å². The number of benzene rings is 9. The Balaban J connectivity index is 1.09. The molecule has 0 atom stereocenters. The lowest BCUT2D eigenvalue weighted by molar-refractivity contribution is 0.668. The van der Waals surface area contributed by atoms with Crippen molar-refractivity contribution in [1.82, 2.24) is 0 Å². The molecule has 0 N–H and O–H groups in total. The van der Waals surface area contributed by atoms with Gasteiger partial charge in [0.05, 0.1) is 0 Å². The second-order valence-electron chi connectivity index (χ2n) is 13.3. The van der Waals surface area contributed by atoms with E-state index in [4.69, 9.17) is 8.83 Å². The predicted octanol–water partition coefficient (Wildman–Crippen LogP) is 14.1. The number of anilines is 3. The predicted molar refractivity (Wildman–Crippen MR) is 214 cm³/mol. The van der Waals surface area contributed by atoms with Gasteiger partial charge in [0.2, 0.25) is 0 Å². The Morgan fingerprint density at radius 2 is 0.882 bits per heavy atom. The molecule has 0 unspecified atom stereocenters. The maximum Gasteiger partial charge on any atom is 0.136 e. The highest BCUT2D eigenvalue weighted by Gasteiger charge is 2.18. The van der Waals surface area contributed by atoms with Crippen LogP contribution in [0.4, 0.5) is 17.1 Å². The fourth-order valence-corrected chi connectivity index (χ4v) is 7.98. The highest BCUT2D eigenvalue weighted by Crippen LogP contribution is 2.42. The first-order chi connectivity index (χ1) is 25.2. The van der Waals surface area contributed by atoms with Crippen molar-refractivity contribution >= 4 is 93.3 Å². The normalized spacial score (nSPS) is 11.9. The van der Waals surface area contributed by atoms with Crippen LogP contribution in [0.5, 0.6) is 0 Å². The summed E-state index contributed by atoms with van der Waals surface area (Å²) in [5.74, 6) is 0. The largest absolute Gasteiger partial charge is 0.456 e. The Hall–Kier alpha value is -6.84. The number of para-hydroxylation sites is 2. The summed E-state index contributed by atoms with van der Waals surface area (Å²) in [6.07, 6.45) is 0. The van der Waals surface area contributed by atoms with Gasteiger partial charge < -0.3 is 13.7 Å². The number of hydrogen-bond acceptors (Lipinski definition) is 3. The molecule has 238 valence electrons. The van der Waals surface area contributed by atoms with Crippen LogP contribution in [0.15, 0.2) is 185 Å². The minimum absolute atomic E-state index is 0.884. The average Bonchev–Trinajstić information content (AvgIpc) is 3.75. The van der Waals surface area contributed by atoms with Crippen molar-refractivity contribution in [2.45, 2.75) is 0 Å². The smallest absolute Gasteiger partial charge is 0.136 e. The molecule has 0 fully saturated rings. The van der Waals surface area contributed by atoms with E-state index in [2.05, 4.69) is 157 Å². The van der Waals surface area contributed by atoms with Crippen LogP contribution in [-0.4, -0.2) is 0 Å². The van der Waals surface area contributed by atoms with Gasteiger partial charge in [-0.1, -0.05) is 109 Å². The molecule has 0 saturated carbocycles. The Kier molecular flexibility index (Phi) is 5.96. The van der Waals surface area contributed by atoms with E-state index in [0.717, 1.165) is 60.9 Å². The van der Waals surface area contributed by atoms with Crippen molar-refractivity contribution in [1.29, 1.82) is 0 Å². The van der Waals surface area contributed by atoms with E-state index in [1.807, 2.05) is 24.3 Å². The summed E-state index contributed by atoms with van der Waals surface area (Å²) in [7, 11) is 0. The molecule has 2 aromatic heterocycles. The third-order valence-electron chi connectivity index (χ3n) is 10.4. The quantitative estimate of drug-likeness (QED) is 0.177. The molecule has 51 heavy (non-hydrogen) atoms. The van der Waals surface area contributed by atoms with Gasteiger partial charge in [-0.25, -0.2) is 0 Å². The first-order valence-corrected chi connectivity index (χ1v) is 17.3. The van der Waals surface area contributed by atoms with Crippen LogP contribution in [0.3, 0.4) is 0 Å². The summed E-state index contributed by atoms with van der Waals surface area (Å²) >= 11 is 0. The molecule has 3 nitrogen and oxygen atoms in total. The van der Waals surface area contributed by atoms with E-state index in [0.29, 0.717) is 0 Å². The molecule has 11 aromatic rings. The van der Waals surface area contributed by atoms with Gasteiger partial charge in [0.1, 0.15) is 22.3 Å². The number of nitrogens with zero attached hydrogens (tertiary/aromatic N) is 1. The van der Waals surface area contributed by atoms with Gasteiger partial charge in [-0.15, -0.1) is 0 Å². The molecular formula is C48H29NO2. The van der Waals surface area contributed by atoms with Crippen molar-refractivity contribution in [2.75, 3.05) is 4.90 Å². The number of rotatable bonds is 4. The first kappa shape index (κ1) is 28.0. The van der Waals surface area contributed by atoms with Crippen molar-refractivity contribution in [3.8, 4) is 11.1 Å². The minimum Gasteiger partial charge on any atom is -0.456 e. The average molecular weight is 652 g/mol. The summed E-state index contributed by atoms with van der Waals surface area (Å²) in [6.45, 7) is 0. The van der Waals surface area contributed by atoms with Crippen molar-refractivity contribution in [3.63, 3.8) is 0 Å². The SMILES string of the molecule is c1ccc2c(-c3ccc(N(c4ccc5c(ccc6cc7oc8ccccc8c7cc65)c4)c4ccc5oc6ccccc6c5c4)cc3)cccc2c1. The van der Waals surface area contributed by atoms with Crippen molar-refractivity contribution in [2.24, 2.45) is 0 Å². The second kappa shape index (κ2) is 10.8. The Labute approximate surface area is 293 Å². The number of furan rings is 2. The molecule has 0 aliphatic carbocycles. The van der Waals surface area contributed by atoms with Crippen LogP contribution >= 0.6 is 0 Å². The van der Waals surface area contributed by atoms with Crippen molar-refractivity contribution < 1.29 is 8.83 Å². The molecule has 0 bridgehead atoms. The zero-order valence-corrected chi connectivity index (χ0v) is 27.5. The molecule has 9 aromatic carbocycles. The molecule has 0 amide bonds. The topological polar surface area (TPSA) is 29.5 Å². The maximum atomic E-state index is 6.22. The zero-order valence-electron chi connectivity index (χ0n) is 27.5. The van der Waals surface area contributed by atoms with Crippen molar-refractivity contribution in [3.05, 3.63) is 176 Å². The highest BCUT2D eigenvalue weighted by molar-refractivity contribution is 6.17. The monoisotopic (exact) mass is 651 g/mol. The molecular weight excluding hydrogens is 623 g/mol. The Bertz CT molecular complexity index is 3140. The van der Waals surface area contributed by atoms with Gasteiger partial charge >= 0.3 is 0 Å². The fraction of sp³-hybridized carbons (Fsp3) is 0. The lowest BCUT2D eigenvalue weighted by Gasteiger charge is -2.26. The number of hydrogen-bond donors (Lipinski definition) is 0. The van der Waals surface area contributed by atoms with E-state index in [1.54, 1.807) is 0 Å². The van der Waals surface area contributed by atoms with Crippen LogP contribution in [-0.2, 0) is 0 Å². The Morgan fingerprint density at radius 3 is 1.69 bits per heavy atom. The summed E-state index contributed by atoms with van der Waals surface area (Å²) < 4.78 is 12.4. The number of fused-ring (bicyclic) bond motifs is 10. The third kappa shape index (κ3) is 4.38. The van der Waals surface area contributed by atoms with Gasteiger partial charge in [0, 0.05) is 38.6 Å². The van der Waals surface area contributed by atoms with Gasteiger partial charge in [-0.05, 0) is 110 Å². The maximum absolute atomic E-state index is 6.22. The van der Waals surface area contributed by atoms with Crippen LogP contribution < -0.4 is 4.90 Å². The summed E-state index contributed by atoms with van der Waals surface area (Å²) in [6, 6.07) is 62.8. The summed E-state index contributed by atoms with van der Waals surface area (Å²) in [5, 5.41) is 11.8. The standard InChI is InChI=1S/C48H29NO2/c1-2-10-37-30(8-1)9-7-13-38(37)31-18-20-34(21-19-31)49(36-23-25-47-43(28-36)40-11-3-5-14-45(40)50-47)35-22-24-39-32(26-35)16-17-33-27-48-44(29-42(33)39)41-12-4-6-15-46(41)51-48/h1-29H. The van der Waals surface area contributed by atoms with Crippen LogP contribution in [0.2, 0.25) is 0 Å². The zero-order chi connectivity index (χ0) is 33.5. The molecule has 0 aliphatic rings. The fourth-order valence-electron chi connectivity index (χ4n) is 7.98. The van der Waals surface area contributed by atoms with E-state index < -0.39 is 0 Å².